The van der Waals surface area contributed by atoms with Crippen LogP contribution in [0.3, 0.4) is 0 Å². The Morgan fingerprint density at radius 2 is 1.75 bits per heavy atom. The Morgan fingerprint density at radius 3 is 2.50 bits per heavy atom. The van der Waals surface area contributed by atoms with E-state index in [0.717, 1.165) is 20.8 Å². The summed E-state index contributed by atoms with van der Waals surface area (Å²) < 4.78 is 20.5. The molecule has 28 heavy (non-hydrogen) atoms. The monoisotopic (exact) mass is 392 g/mol. The van der Waals surface area contributed by atoms with Crippen molar-refractivity contribution in [2.75, 3.05) is 5.32 Å². The second kappa shape index (κ2) is 7.78. The van der Waals surface area contributed by atoms with E-state index in [2.05, 4.69) is 10.3 Å². The van der Waals surface area contributed by atoms with E-state index in [1.165, 1.54) is 12.1 Å². The summed E-state index contributed by atoms with van der Waals surface area (Å²) in [6.45, 7) is 1.62. The molecular weight excluding hydrogens is 375 g/mol. The van der Waals surface area contributed by atoms with Gasteiger partial charge < -0.3 is 10.1 Å². The van der Waals surface area contributed by atoms with Gasteiger partial charge in [-0.25, -0.2) is 9.37 Å². The van der Waals surface area contributed by atoms with Crippen molar-refractivity contribution in [2.24, 2.45) is 0 Å². The van der Waals surface area contributed by atoms with Gasteiger partial charge in [0.05, 0.1) is 15.9 Å². The van der Waals surface area contributed by atoms with Crippen molar-refractivity contribution >= 4 is 33.1 Å². The third-order valence-electron chi connectivity index (χ3n) is 4.21. The number of nitrogens with one attached hydrogen (secondary N) is 1. The lowest BCUT2D eigenvalue weighted by Crippen LogP contribution is -2.30. The molecule has 1 aromatic heterocycles. The fraction of sp³-hybridized carbons (Fsp3) is 0.0909. The summed E-state index contributed by atoms with van der Waals surface area (Å²) in [5, 5.41) is 3.46. The molecule has 0 bridgehead atoms. The highest BCUT2D eigenvalue weighted by atomic mass is 32.1. The van der Waals surface area contributed by atoms with Crippen LogP contribution in [0.25, 0.3) is 20.8 Å². The zero-order valence-corrected chi connectivity index (χ0v) is 15.9. The third-order valence-corrected chi connectivity index (χ3v) is 5.29. The molecule has 3 aromatic carbocycles. The predicted molar refractivity (Wildman–Crippen MR) is 110 cm³/mol. The first-order chi connectivity index (χ1) is 13.6. The van der Waals surface area contributed by atoms with E-state index in [9.17, 15) is 9.18 Å². The Morgan fingerprint density at radius 1 is 1.04 bits per heavy atom. The molecule has 0 unspecified atom stereocenters. The average molecular weight is 392 g/mol. The molecular formula is C22H17FN2O2S. The van der Waals surface area contributed by atoms with E-state index in [-0.39, 0.29) is 5.69 Å². The maximum absolute atomic E-state index is 13.7. The van der Waals surface area contributed by atoms with Crippen molar-refractivity contribution in [3.8, 4) is 16.3 Å². The van der Waals surface area contributed by atoms with Crippen molar-refractivity contribution in [1.82, 2.24) is 4.98 Å². The largest absolute Gasteiger partial charge is 0.481 e. The molecule has 0 aliphatic carbocycles. The Kier molecular flexibility index (Phi) is 5.04. The van der Waals surface area contributed by atoms with E-state index >= 15 is 0 Å². The minimum absolute atomic E-state index is 0.133. The highest BCUT2D eigenvalue weighted by Crippen LogP contribution is 2.31. The van der Waals surface area contributed by atoms with E-state index in [4.69, 9.17) is 4.74 Å². The lowest BCUT2D eigenvalue weighted by atomic mass is 10.2. The number of anilines is 1. The fourth-order valence-corrected chi connectivity index (χ4v) is 3.70. The Labute approximate surface area is 165 Å². The summed E-state index contributed by atoms with van der Waals surface area (Å²) in [7, 11) is 0. The Bertz CT molecular complexity index is 1090. The van der Waals surface area contributed by atoms with Crippen LogP contribution in [0.4, 0.5) is 10.1 Å². The first kappa shape index (κ1) is 18.1. The Balaban J connectivity index is 1.43. The zero-order valence-electron chi connectivity index (χ0n) is 15.1. The lowest BCUT2D eigenvalue weighted by Gasteiger charge is -2.15. The number of para-hydroxylation sites is 2. The molecule has 1 atom stereocenters. The summed E-state index contributed by atoms with van der Waals surface area (Å²) in [6.07, 6.45) is -0.770. The summed E-state index contributed by atoms with van der Waals surface area (Å²) >= 11 is 1.63. The first-order valence-corrected chi connectivity index (χ1v) is 9.60. The SMILES string of the molecule is C[C@@H](Oc1ccc(-c2nc3ccccc3s2)cc1)C(=O)Nc1ccccc1F. The molecule has 0 saturated heterocycles. The number of nitrogens with zero attached hydrogens (tertiary/aromatic N) is 1. The van der Waals surface area contributed by atoms with Gasteiger partial charge in [-0.2, -0.15) is 0 Å². The van der Waals surface area contributed by atoms with Gasteiger partial charge in [-0.15, -0.1) is 11.3 Å². The molecule has 4 aromatic rings. The van der Waals surface area contributed by atoms with Crippen molar-refractivity contribution < 1.29 is 13.9 Å². The van der Waals surface area contributed by atoms with Gasteiger partial charge in [-0.1, -0.05) is 24.3 Å². The molecule has 1 amide bonds. The lowest BCUT2D eigenvalue weighted by molar-refractivity contribution is -0.122. The molecule has 0 saturated carbocycles. The molecule has 0 spiro atoms. The van der Waals surface area contributed by atoms with Crippen LogP contribution < -0.4 is 10.1 Å². The van der Waals surface area contributed by atoms with E-state index in [1.807, 2.05) is 36.4 Å². The van der Waals surface area contributed by atoms with Gasteiger partial charge in [0.2, 0.25) is 0 Å². The van der Waals surface area contributed by atoms with Crippen LogP contribution in [0.15, 0.2) is 72.8 Å². The van der Waals surface area contributed by atoms with Crippen LogP contribution in [0, 0.1) is 5.82 Å². The number of hydrogen-bond acceptors (Lipinski definition) is 4. The third kappa shape index (κ3) is 3.87. The zero-order chi connectivity index (χ0) is 19.5. The molecule has 4 rings (SSSR count). The highest BCUT2D eigenvalue weighted by molar-refractivity contribution is 7.21. The van der Waals surface area contributed by atoms with Crippen LogP contribution >= 0.6 is 11.3 Å². The number of rotatable bonds is 5. The van der Waals surface area contributed by atoms with Gasteiger partial charge in [-0.05, 0) is 55.5 Å². The number of halogens is 1. The molecule has 140 valence electrons. The van der Waals surface area contributed by atoms with Gasteiger partial charge in [0, 0.05) is 5.56 Å². The van der Waals surface area contributed by atoms with Crippen LogP contribution in [0.1, 0.15) is 6.92 Å². The number of thiazole rings is 1. The fourth-order valence-electron chi connectivity index (χ4n) is 2.73. The Hall–Kier alpha value is -3.25. The molecule has 1 heterocycles. The number of aromatic nitrogens is 1. The molecule has 0 aliphatic heterocycles. The van der Waals surface area contributed by atoms with E-state index < -0.39 is 17.8 Å². The minimum atomic E-state index is -0.770. The molecule has 1 N–H and O–H groups in total. The molecule has 0 aliphatic rings. The number of carbonyl (C=O) groups excluding carboxylic acids is 1. The van der Waals surface area contributed by atoms with Gasteiger partial charge in [0.1, 0.15) is 16.6 Å². The van der Waals surface area contributed by atoms with Crippen LogP contribution in [-0.4, -0.2) is 17.0 Å². The second-order valence-corrected chi connectivity index (χ2v) is 7.27. The second-order valence-electron chi connectivity index (χ2n) is 6.24. The summed E-state index contributed by atoms with van der Waals surface area (Å²) in [6, 6.07) is 21.4. The number of benzene rings is 3. The summed E-state index contributed by atoms with van der Waals surface area (Å²) in [4.78, 5) is 16.9. The number of carbonyl (C=O) groups is 1. The molecule has 0 fully saturated rings. The van der Waals surface area contributed by atoms with Gasteiger partial charge in [-0.3, -0.25) is 4.79 Å². The molecule has 6 heteroatoms. The van der Waals surface area contributed by atoms with Crippen molar-refractivity contribution in [2.45, 2.75) is 13.0 Å². The van der Waals surface area contributed by atoms with E-state index in [1.54, 1.807) is 42.5 Å². The quantitative estimate of drug-likeness (QED) is 0.487. The summed E-state index contributed by atoms with van der Waals surface area (Å²) in [5.74, 6) is -0.343. The highest BCUT2D eigenvalue weighted by Gasteiger charge is 2.16. The molecule has 4 nitrogen and oxygen atoms in total. The topological polar surface area (TPSA) is 51.2 Å². The number of fused-ring (bicyclic) bond motifs is 1. The van der Waals surface area contributed by atoms with Crippen molar-refractivity contribution in [3.63, 3.8) is 0 Å². The van der Waals surface area contributed by atoms with Crippen LogP contribution in [0.2, 0.25) is 0 Å². The summed E-state index contributed by atoms with van der Waals surface area (Å²) in [5.41, 5.74) is 2.09. The smallest absolute Gasteiger partial charge is 0.265 e. The number of amides is 1. The van der Waals surface area contributed by atoms with E-state index in [0.29, 0.717) is 5.75 Å². The maximum atomic E-state index is 13.7. The minimum Gasteiger partial charge on any atom is -0.481 e. The normalized spacial score (nSPS) is 11.9. The van der Waals surface area contributed by atoms with Crippen molar-refractivity contribution in [1.29, 1.82) is 0 Å². The number of ether oxygens (including phenoxy) is 1. The number of hydrogen-bond donors (Lipinski definition) is 1. The van der Waals surface area contributed by atoms with Crippen LogP contribution in [-0.2, 0) is 4.79 Å². The maximum Gasteiger partial charge on any atom is 0.265 e. The predicted octanol–water partition coefficient (Wildman–Crippen LogP) is 5.51. The average Bonchev–Trinajstić information content (AvgIpc) is 3.14. The van der Waals surface area contributed by atoms with Gasteiger partial charge in [0.15, 0.2) is 6.10 Å². The van der Waals surface area contributed by atoms with Crippen LogP contribution in [0.5, 0.6) is 5.75 Å². The molecule has 0 radical (unpaired) electrons. The van der Waals surface area contributed by atoms with Crippen molar-refractivity contribution in [3.05, 3.63) is 78.6 Å². The van der Waals surface area contributed by atoms with Gasteiger partial charge >= 0.3 is 0 Å². The van der Waals surface area contributed by atoms with Gasteiger partial charge in [0.25, 0.3) is 5.91 Å². The first-order valence-electron chi connectivity index (χ1n) is 8.78. The standard InChI is InChI=1S/C22H17FN2O2S/c1-14(21(26)24-18-7-3-2-6-17(18)23)27-16-12-10-15(11-13-16)22-25-19-8-4-5-9-20(19)28-22/h2-14H,1H3,(H,24,26)/t14-/m1/s1.